The summed E-state index contributed by atoms with van der Waals surface area (Å²) in [6, 6.07) is 69.3. The largest absolute Gasteiger partial charge is 0.466 e. The van der Waals surface area contributed by atoms with Gasteiger partial charge in [-0.2, -0.15) is 20.7 Å². The molecule has 754 valence electrons. The van der Waals surface area contributed by atoms with Crippen molar-refractivity contribution in [3.8, 4) is 23.5 Å². The zero-order valence-corrected chi connectivity index (χ0v) is 84.6. The van der Waals surface area contributed by atoms with Crippen molar-refractivity contribution in [2.75, 3.05) is 68.1 Å². The second-order valence-corrected chi connectivity index (χ2v) is 36.6. The predicted molar refractivity (Wildman–Crippen MR) is 568 cm³/mol. The molecule has 6 aromatic heterocycles. The number of nitrogens with two attached hydrogens (primary N) is 3. The molecule has 33 nitrogen and oxygen atoms in total. The number of hydrogen-bond donors (Lipinski definition) is 6. The topological polar surface area (TPSA) is 476 Å². The van der Waals surface area contributed by atoms with Gasteiger partial charge in [-0.25, -0.2) is 43.3 Å². The standard InChI is InChI=1S/2C23H19N5O2.C15H14N2O.C15H17NO4.C12H9NO.C11H13N3O.C11H10O2.C5H13NO2/c2*1-13(29)8-21-26-19-7-6-17(11-20(19)27-21)28-23(24)18(12-25-28)22(30)16-9-14-4-2-3-5-15(14)10-16;1-17(2)10-14(9-16)15(18)13-7-11-5-3-4-6-12(11)8-13;1-15(2,3)20-14(18)16-11-8-6-5-7-10(11)9-12(16)13(17)19-4;13-6-5-12(14)11-7-9-3-1-2-4-10(9)8-11;1-7(15)4-11-13-9-3-2-8(6-12)5-10(9)14-11;1-13-11(12)10-6-8-4-2-3-5-9(8)7-10;1-6(2)5(7-3)8-4/h2*2-7,9,11-12H,8,10,24H2,1H3,(H,26,27);3-7,10H,8H2,1-2H3;5-9H,1-4H3;1-4,7H,5,8H2;2-3,5H,4,6,12H2,1H3,(H,13,14);2-6H,7H2,1H3;5H,1-4H3/b;;14-10+;;;;;. The minimum atomic E-state index is -0.643. The lowest BCUT2D eigenvalue weighted by Crippen LogP contribution is -2.30. The number of carbonyl (C=O) groups is 10. The Labute approximate surface area is 854 Å². The summed E-state index contributed by atoms with van der Waals surface area (Å²) in [5.41, 5.74) is 41.4. The van der Waals surface area contributed by atoms with Crippen LogP contribution in [0.5, 0.6) is 0 Å². The van der Waals surface area contributed by atoms with Crippen molar-refractivity contribution >= 4 is 145 Å². The van der Waals surface area contributed by atoms with E-state index in [0.29, 0.717) is 119 Å². The number of Topliss-reactive ketones (excluding diaryl/α,β-unsaturated/α-hetero) is 7. The van der Waals surface area contributed by atoms with Crippen LogP contribution in [-0.2, 0) is 110 Å². The zero-order valence-electron chi connectivity index (χ0n) is 84.6. The van der Waals surface area contributed by atoms with E-state index in [1.807, 2.05) is 250 Å². The van der Waals surface area contributed by atoms with Crippen molar-refractivity contribution in [2.24, 2.45) is 5.73 Å². The monoisotopic (exact) mass is 1990 g/mol. The Morgan fingerprint density at radius 1 is 0.473 bits per heavy atom. The third kappa shape index (κ3) is 27.0. The SMILES string of the molecule is CC(=O)Cc1nc2ccc(-n3ncc(C(=O)C4=Cc5ccccc5C4)c3N)cc2[nH]1.CC(=O)Cc1nc2ccc(-n3ncc(C(=O)C4=Cc5ccccc5C4)c3N)cc2[nH]1.CC(=O)Cc1nc2ccc(CN)cc2[nH]1.CN(C)/C=C(\C#N)C(=O)C1=Cc2ccccc2C1.COC(=O)C1=Cc2ccccc2C1.COC(=O)c1cc2ccccc2n1C(=O)OC(C)(C)C.COC(OC)N(C)C.N#CCC(=O)C1=Cc2ccccc2C1. The molecule has 5 aliphatic rings. The van der Waals surface area contributed by atoms with Gasteiger partial charge in [-0.15, -0.1) is 0 Å². The number of aromatic nitrogens is 11. The van der Waals surface area contributed by atoms with E-state index in [0.717, 1.165) is 99.7 Å². The van der Waals surface area contributed by atoms with Crippen LogP contribution in [0, 0.1) is 22.7 Å². The van der Waals surface area contributed by atoms with E-state index in [1.54, 1.807) is 94.7 Å². The Balaban J connectivity index is 0.000000145. The number of aromatic amines is 3. The molecular formula is C115H114N18O15. The summed E-state index contributed by atoms with van der Waals surface area (Å²) in [6.45, 7) is 10.4. The number of esters is 2. The molecular weight excluding hydrogens is 1870 g/mol. The number of rotatable bonds is 23. The first-order valence-corrected chi connectivity index (χ1v) is 47.2. The number of imidazole rings is 3. The molecule has 148 heavy (non-hydrogen) atoms. The number of nitrogens with zero attached hydrogens (tertiary/aromatic N) is 12. The molecule has 6 heterocycles. The van der Waals surface area contributed by atoms with Crippen molar-refractivity contribution < 1.29 is 71.6 Å². The maximum atomic E-state index is 13.0. The average molecular weight is 1990 g/mol. The van der Waals surface area contributed by atoms with E-state index in [1.165, 1.54) is 56.2 Å². The number of carbonyl (C=O) groups excluding carboxylic acids is 10. The summed E-state index contributed by atoms with van der Waals surface area (Å²) >= 11 is 0. The molecule has 0 radical (unpaired) electrons. The second kappa shape index (κ2) is 48.9. The number of methoxy groups -OCH3 is 4. The van der Waals surface area contributed by atoms with E-state index in [-0.39, 0.29) is 83.4 Å². The van der Waals surface area contributed by atoms with Crippen LogP contribution in [0.3, 0.4) is 0 Å². The average Bonchev–Trinajstić information content (AvgIpc) is 1.69. The molecule has 0 bridgehead atoms. The quantitative estimate of drug-likeness (QED) is 0.00865. The maximum absolute atomic E-state index is 13.0. The first-order valence-electron chi connectivity index (χ1n) is 47.2. The normalized spacial score (nSPS) is 12.5. The van der Waals surface area contributed by atoms with Gasteiger partial charge in [0.2, 0.25) is 12.2 Å². The van der Waals surface area contributed by atoms with Crippen molar-refractivity contribution in [3.05, 3.63) is 354 Å². The van der Waals surface area contributed by atoms with E-state index in [4.69, 9.17) is 46.7 Å². The molecule has 0 fully saturated rings. The maximum Gasteiger partial charge on any atom is 0.419 e. The van der Waals surface area contributed by atoms with E-state index in [2.05, 4.69) is 44.8 Å². The Kier molecular flexibility index (Phi) is 35.5. The number of nitrogen functional groups attached to an aromatic ring is 2. The molecule has 0 aliphatic heterocycles. The van der Waals surface area contributed by atoms with Crippen molar-refractivity contribution in [1.82, 2.24) is 63.8 Å². The van der Waals surface area contributed by atoms with Crippen LogP contribution in [0.15, 0.2) is 258 Å². The number of nitriles is 2. The van der Waals surface area contributed by atoms with E-state index in [9.17, 15) is 47.9 Å². The number of H-pyrrole nitrogens is 3. The third-order valence-electron chi connectivity index (χ3n) is 23.7. The van der Waals surface area contributed by atoms with E-state index < -0.39 is 17.7 Å². The number of hydrogen-bond acceptors (Lipinski definition) is 27. The van der Waals surface area contributed by atoms with Gasteiger partial charge in [-0.1, -0.05) is 146 Å². The van der Waals surface area contributed by atoms with Crippen molar-refractivity contribution in [3.63, 3.8) is 0 Å². The lowest BCUT2D eigenvalue weighted by Gasteiger charge is -2.20. The van der Waals surface area contributed by atoms with Crippen molar-refractivity contribution in [1.29, 1.82) is 10.5 Å². The number of ether oxygens (including phenoxy) is 5. The molecule has 0 unspecified atom stereocenters. The van der Waals surface area contributed by atoms with Gasteiger partial charge in [0.15, 0.2) is 17.3 Å². The lowest BCUT2D eigenvalue weighted by atomic mass is 10.0. The molecule has 5 aliphatic carbocycles. The summed E-state index contributed by atoms with van der Waals surface area (Å²) in [7, 11) is 13.3. The minimum Gasteiger partial charge on any atom is -0.466 e. The molecule has 20 rings (SSSR count). The van der Waals surface area contributed by atoms with Gasteiger partial charge in [-0.05, 0) is 208 Å². The first-order chi connectivity index (χ1) is 70.9. The molecule has 15 aromatic rings. The van der Waals surface area contributed by atoms with Crippen molar-refractivity contribution in [2.45, 2.75) is 118 Å². The summed E-state index contributed by atoms with van der Waals surface area (Å²) in [4.78, 5) is 145. The Bertz CT molecular complexity index is 7700. The van der Waals surface area contributed by atoms with Crippen LogP contribution in [0.2, 0.25) is 0 Å². The number of nitrogens with one attached hydrogen (secondary N) is 3. The van der Waals surface area contributed by atoms with Crippen LogP contribution in [-0.4, -0.2) is 191 Å². The molecule has 0 spiro atoms. The fraction of sp³-hybridized carbons (Fsp3) is 0.226. The highest BCUT2D eigenvalue weighted by Gasteiger charge is 2.30. The summed E-state index contributed by atoms with van der Waals surface area (Å²) < 4.78 is 28.8. The number of allylic oxidation sites excluding steroid dienone is 5. The summed E-state index contributed by atoms with van der Waals surface area (Å²) in [6.07, 6.45) is 17.3. The molecule has 0 atom stereocenters. The smallest absolute Gasteiger partial charge is 0.419 e. The van der Waals surface area contributed by atoms with Crippen LogP contribution in [0.4, 0.5) is 16.4 Å². The molecule has 0 saturated heterocycles. The molecule has 33 heteroatoms. The third-order valence-corrected chi connectivity index (χ3v) is 23.7. The number of ketones is 7. The minimum absolute atomic E-state index is 0.0141. The summed E-state index contributed by atoms with van der Waals surface area (Å²) in [5, 5.41) is 26.9. The number of benzene rings is 9. The van der Waals surface area contributed by atoms with Crippen LogP contribution in [0.1, 0.15) is 158 Å². The fourth-order valence-corrected chi connectivity index (χ4v) is 16.8. The van der Waals surface area contributed by atoms with Gasteiger partial charge in [-0.3, -0.25) is 38.5 Å². The molecule has 0 saturated carbocycles. The fourth-order valence-electron chi connectivity index (χ4n) is 16.8. The Hall–Kier alpha value is -17.9. The first kappa shape index (κ1) is 107. The van der Waals surface area contributed by atoms with Gasteiger partial charge in [0.05, 0.1) is 119 Å². The molecule has 9 N–H and O–H groups in total. The number of fused-ring (bicyclic) bond motifs is 9. The van der Waals surface area contributed by atoms with Gasteiger partial charge in [0.1, 0.15) is 69.4 Å². The number of anilines is 2. The second-order valence-electron chi connectivity index (χ2n) is 36.6. The summed E-state index contributed by atoms with van der Waals surface area (Å²) in [5.74, 6) is 1.46. The van der Waals surface area contributed by atoms with Gasteiger partial charge in [0.25, 0.3) is 0 Å². The zero-order chi connectivity index (χ0) is 106. The van der Waals surface area contributed by atoms with Gasteiger partial charge < -0.3 is 60.7 Å². The highest BCUT2D eigenvalue weighted by atomic mass is 16.7. The number of para-hydroxylation sites is 1. The van der Waals surface area contributed by atoms with Crippen LogP contribution < -0.4 is 17.2 Å². The van der Waals surface area contributed by atoms with Gasteiger partial charge in [0, 0.05) is 106 Å². The highest BCUT2D eigenvalue weighted by Crippen LogP contribution is 2.35. The lowest BCUT2D eigenvalue weighted by molar-refractivity contribution is -0.179. The Morgan fingerprint density at radius 3 is 1.23 bits per heavy atom. The van der Waals surface area contributed by atoms with Gasteiger partial charge >= 0.3 is 18.0 Å². The molecule has 0 amide bonds. The Morgan fingerprint density at radius 2 is 0.851 bits per heavy atom. The van der Waals surface area contributed by atoms with E-state index >= 15 is 0 Å². The highest BCUT2D eigenvalue weighted by molar-refractivity contribution is 6.17. The van der Waals surface area contributed by atoms with Crippen LogP contribution >= 0.6 is 0 Å². The predicted octanol–water partition coefficient (Wildman–Crippen LogP) is 17.1. The molecule has 9 aromatic carbocycles. The van der Waals surface area contributed by atoms with Crippen LogP contribution in [0.25, 0.3) is 85.8 Å².